The van der Waals surface area contributed by atoms with Crippen LogP contribution in [0.4, 0.5) is 0 Å². The molecule has 3 nitrogen and oxygen atoms in total. The summed E-state index contributed by atoms with van der Waals surface area (Å²) in [6.07, 6.45) is 0. The van der Waals surface area contributed by atoms with Gasteiger partial charge >= 0.3 is 29.6 Å². The Hall–Kier alpha value is -0.220. The quantitative estimate of drug-likeness (QED) is 0.445. The Kier molecular flexibility index (Phi) is 7.04. The average molecular weight is 358 g/mol. The van der Waals surface area contributed by atoms with Crippen LogP contribution in [-0.4, -0.2) is 18.1 Å². The maximum absolute atomic E-state index is 11.7. The van der Waals surface area contributed by atoms with Gasteiger partial charge in [-0.1, -0.05) is 62.7 Å². The van der Waals surface area contributed by atoms with Gasteiger partial charge in [-0.3, -0.25) is 0 Å². The summed E-state index contributed by atoms with van der Waals surface area (Å²) in [6.45, 7) is 8.14. The molecule has 23 heavy (non-hydrogen) atoms. The minimum atomic E-state index is -4.50. The first-order valence-electron chi connectivity index (χ1n) is 7.02. The Morgan fingerprint density at radius 1 is 1.00 bits per heavy atom. The summed E-state index contributed by atoms with van der Waals surface area (Å²) >= 11 is 0. The van der Waals surface area contributed by atoms with Crippen molar-refractivity contribution in [1.29, 1.82) is 0 Å². The van der Waals surface area contributed by atoms with Gasteiger partial charge in [0.15, 0.2) is 0 Å². The molecule has 0 bridgehead atoms. The van der Waals surface area contributed by atoms with Crippen LogP contribution < -0.4 is 40.2 Å². The molecule has 6 heteroatoms. The van der Waals surface area contributed by atoms with Crippen molar-refractivity contribution in [3.63, 3.8) is 0 Å². The van der Waals surface area contributed by atoms with E-state index in [2.05, 4.69) is 20.8 Å². The third kappa shape index (κ3) is 5.12. The van der Waals surface area contributed by atoms with Gasteiger partial charge in [0, 0.05) is 0 Å². The third-order valence-corrected chi connectivity index (χ3v) is 7.36. The first kappa shape index (κ1) is 20.8. The molecule has 0 amide bonds. The smallest absolute Gasteiger partial charge is 0.744 e. The van der Waals surface area contributed by atoms with Crippen molar-refractivity contribution in [2.24, 2.45) is 0 Å². The number of hydrogen-bond acceptors (Lipinski definition) is 3. The van der Waals surface area contributed by atoms with Crippen molar-refractivity contribution in [2.45, 2.75) is 37.7 Å². The van der Waals surface area contributed by atoms with Crippen LogP contribution in [0.25, 0.3) is 0 Å². The molecular weight excluding hydrogens is 338 g/mol. The second-order valence-corrected chi connectivity index (χ2v) is 10.6. The van der Waals surface area contributed by atoms with Crippen LogP contribution in [-0.2, 0) is 10.1 Å². The predicted molar refractivity (Wildman–Crippen MR) is 91.5 cm³/mol. The maximum atomic E-state index is 11.7. The van der Waals surface area contributed by atoms with E-state index >= 15 is 0 Å². The van der Waals surface area contributed by atoms with E-state index in [9.17, 15) is 13.0 Å². The van der Waals surface area contributed by atoms with Crippen LogP contribution in [0, 0.1) is 6.92 Å². The van der Waals surface area contributed by atoms with Crippen molar-refractivity contribution >= 4 is 28.6 Å². The minimum Gasteiger partial charge on any atom is -0.744 e. The summed E-state index contributed by atoms with van der Waals surface area (Å²) in [5.74, 6) is 0. The Labute approximate surface area is 162 Å². The van der Waals surface area contributed by atoms with Crippen LogP contribution in [0.15, 0.2) is 53.4 Å². The van der Waals surface area contributed by atoms with E-state index in [1.165, 1.54) is 6.07 Å². The third-order valence-electron chi connectivity index (χ3n) is 3.31. The number of benzene rings is 2. The second kappa shape index (κ2) is 7.77. The first-order chi connectivity index (χ1) is 10.1. The molecule has 2 aromatic carbocycles. The number of aryl methyl sites for hydroxylation is 1. The van der Waals surface area contributed by atoms with Crippen LogP contribution >= 0.6 is 7.92 Å². The van der Waals surface area contributed by atoms with Crippen LogP contribution in [0.1, 0.15) is 26.3 Å². The fourth-order valence-electron chi connectivity index (χ4n) is 2.48. The maximum Gasteiger partial charge on any atom is 1.00 e. The van der Waals surface area contributed by atoms with E-state index in [0.29, 0.717) is 5.30 Å². The molecule has 0 saturated carbocycles. The van der Waals surface area contributed by atoms with E-state index in [0.717, 1.165) is 10.9 Å². The number of rotatable bonds is 3. The fraction of sp³-hybridized carbons (Fsp3) is 0.294. The topological polar surface area (TPSA) is 57.2 Å². The van der Waals surface area contributed by atoms with Crippen LogP contribution in [0.3, 0.4) is 0 Å². The molecule has 0 fully saturated rings. The Morgan fingerprint density at radius 3 is 2.04 bits per heavy atom. The average Bonchev–Trinajstić information content (AvgIpc) is 2.37. The van der Waals surface area contributed by atoms with Gasteiger partial charge in [-0.05, 0) is 42.7 Å². The van der Waals surface area contributed by atoms with Gasteiger partial charge in [0.05, 0.1) is 4.90 Å². The molecule has 0 aliphatic rings. The molecular formula is C17H20NaO3PS. The van der Waals surface area contributed by atoms with Crippen LogP contribution in [0.2, 0.25) is 0 Å². The SMILES string of the molecule is Cc1ccc(S(=O)(=O)[O-])c(P(c2ccccc2)C(C)(C)C)c1.[Na+]. The van der Waals surface area contributed by atoms with Gasteiger partial charge in [0.25, 0.3) is 0 Å². The van der Waals surface area contributed by atoms with E-state index in [1.54, 1.807) is 6.07 Å². The molecule has 118 valence electrons. The normalized spacial score (nSPS) is 13.3. The zero-order valence-corrected chi connectivity index (χ0v) is 17.9. The van der Waals surface area contributed by atoms with Gasteiger partial charge in [-0.2, -0.15) is 0 Å². The summed E-state index contributed by atoms with van der Waals surface area (Å²) in [5, 5.41) is 1.55. The minimum absolute atomic E-state index is 0. The van der Waals surface area contributed by atoms with Gasteiger partial charge < -0.3 is 4.55 Å². The van der Waals surface area contributed by atoms with E-state index in [-0.39, 0.29) is 39.6 Å². The molecule has 2 rings (SSSR count). The fourth-order valence-corrected chi connectivity index (χ4v) is 6.51. The van der Waals surface area contributed by atoms with Crippen molar-refractivity contribution < 1.29 is 42.5 Å². The van der Waals surface area contributed by atoms with E-state index in [4.69, 9.17) is 0 Å². The molecule has 1 unspecified atom stereocenters. The second-order valence-electron chi connectivity index (χ2n) is 6.27. The van der Waals surface area contributed by atoms with Gasteiger partial charge in [-0.25, -0.2) is 8.42 Å². The molecule has 0 aliphatic heterocycles. The molecule has 0 heterocycles. The van der Waals surface area contributed by atoms with Gasteiger partial charge in [0.1, 0.15) is 10.1 Å². The monoisotopic (exact) mass is 358 g/mol. The largest absolute Gasteiger partial charge is 1.00 e. The summed E-state index contributed by atoms with van der Waals surface area (Å²) in [5.41, 5.74) is 0.954. The molecule has 1 atom stereocenters. The van der Waals surface area contributed by atoms with E-state index < -0.39 is 18.0 Å². The standard InChI is InChI=1S/C17H21O3PS.Na/c1-13-10-11-16(22(18,19)20)15(12-13)21(17(2,3)4)14-8-6-5-7-9-14;/h5-12H,1-4H3,(H,18,19,20);/q;+1/p-1. The summed E-state index contributed by atoms with van der Waals surface area (Å²) in [6, 6.07) is 14.8. The van der Waals surface area contributed by atoms with Crippen LogP contribution in [0.5, 0.6) is 0 Å². The molecule has 0 radical (unpaired) electrons. The molecule has 0 aliphatic carbocycles. The summed E-state index contributed by atoms with van der Waals surface area (Å²) < 4.78 is 35.0. The van der Waals surface area contributed by atoms with Gasteiger partial charge in [0.2, 0.25) is 0 Å². The van der Waals surface area contributed by atoms with Crippen molar-refractivity contribution in [3.8, 4) is 0 Å². The zero-order chi connectivity index (χ0) is 16.5. The summed E-state index contributed by atoms with van der Waals surface area (Å²) in [7, 11) is -5.47. The molecule has 2 aromatic rings. The van der Waals surface area contributed by atoms with Crippen molar-refractivity contribution in [2.75, 3.05) is 0 Å². The zero-order valence-electron chi connectivity index (χ0n) is 14.2. The Morgan fingerprint density at radius 2 is 1.57 bits per heavy atom. The molecule has 0 spiro atoms. The Balaban J connectivity index is 0.00000264. The molecule has 0 saturated heterocycles. The summed E-state index contributed by atoms with van der Waals surface area (Å²) in [4.78, 5) is -0.0945. The molecule has 0 aromatic heterocycles. The van der Waals surface area contributed by atoms with Crippen molar-refractivity contribution in [3.05, 3.63) is 54.1 Å². The Bertz CT molecular complexity index is 768. The molecule has 0 N–H and O–H groups in total. The predicted octanol–water partition coefficient (Wildman–Crippen LogP) is 0.134. The van der Waals surface area contributed by atoms with Crippen molar-refractivity contribution in [1.82, 2.24) is 0 Å². The van der Waals surface area contributed by atoms with E-state index in [1.807, 2.05) is 43.3 Å². The number of hydrogen-bond donors (Lipinski definition) is 0. The first-order valence-corrected chi connectivity index (χ1v) is 9.77. The van der Waals surface area contributed by atoms with Gasteiger partial charge in [-0.15, -0.1) is 0 Å².